The van der Waals surface area contributed by atoms with Crippen molar-refractivity contribution in [2.75, 3.05) is 18.8 Å². The summed E-state index contributed by atoms with van der Waals surface area (Å²) < 4.78 is 32.4. The summed E-state index contributed by atoms with van der Waals surface area (Å²) in [5, 5.41) is 3.50. The highest BCUT2D eigenvalue weighted by molar-refractivity contribution is 7.89. The molecule has 3 rings (SSSR count). The average molecular weight is 336 g/mol. The molecule has 1 aromatic heterocycles. The molecule has 0 amide bonds. The van der Waals surface area contributed by atoms with E-state index in [1.807, 2.05) is 18.2 Å². The monoisotopic (exact) mass is 336 g/mol. The molecule has 7 nitrogen and oxygen atoms in total. The molecule has 0 unspecified atom stereocenters. The van der Waals surface area contributed by atoms with Crippen molar-refractivity contribution >= 4 is 15.8 Å². The highest BCUT2D eigenvalue weighted by Crippen LogP contribution is 2.23. The Morgan fingerprint density at radius 1 is 1.39 bits per heavy atom. The van der Waals surface area contributed by atoms with Crippen LogP contribution in [0, 0.1) is 6.92 Å². The lowest BCUT2D eigenvalue weighted by Gasteiger charge is -2.16. The Hall–Kier alpha value is -1.90. The highest BCUT2D eigenvalue weighted by Gasteiger charge is 2.31. The normalized spacial score (nSPS) is 19.3. The number of benzene rings is 1. The molecule has 1 fully saturated rings. The number of anilines is 1. The fourth-order valence-electron chi connectivity index (χ4n) is 2.90. The van der Waals surface area contributed by atoms with Crippen molar-refractivity contribution < 1.29 is 12.9 Å². The molecule has 1 aliphatic rings. The fourth-order valence-corrected chi connectivity index (χ4v) is 4.38. The molecule has 0 saturated carbocycles. The van der Waals surface area contributed by atoms with Crippen molar-refractivity contribution in [2.45, 2.75) is 30.8 Å². The van der Waals surface area contributed by atoms with Crippen LogP contribution in [0.15, 0.2) is 39.8 Å². The number of nitrogens with zero attached hydrogens (tertiary/aromatic N) is 2. The molecule has 0 radical (unpaired) electrons. The van der Waals surface area contributed by atoms with Crippen LogP contribution in [-0.2, 0) is 16.6 Å². The van der Waals surface area contributed by atoms with Gasteiger partial charge >= 0.3 is 0 Å². The van der Waals surface area contributed by atoms with E-state index in [9.17, 15) is 8.42 Å². The topological polar surface area (TPSA) is 101 Å². The molecule has 1 aliphatic heterocycles. The van der Waals surface area contributed by atoms with Gasteiger partial charge < -0.3 is 10.3 Å². The Labute approximate surface area is 135 Å². The summed E-state index contributed by atoms with van der Waals surface area (Å²) in [6.07, 6.45) is 0.760. The van der Waals surface area contributed by atoms with Gasteiger partial charge in [0.15, 0.2) is 16.5 Å². The number of sulfonamides is 1. The minimum Gasteiger partial charge on any atom is -0.380 e. The van der Waals surface area contributed by atoms with Gasteiger partial charge in [0.05, 0.1) is 0 Å². The van der Waals surface area contributed by atoms with Gasteiger partial charge in [0.1, 0.15) is 0 Å². The number of aromatic nitrogens is 1. The minimum absolute atomic E-state index is 0.0565. The Morgan fingerprint density at radius 3 is 2.78 bits per heavy atom. The quantitative estimate of drug-likeness (QED) is 0.848. The zero-order valence-corrected chi connectivity index (χ0v) is 13.7. The third-order valence-corrected chi connectivity index (χ3v) is 5.62. The number of hydrogen-bond acceptors (Lipinski definition) is 6. The van der Waals surface area contributed by atoms with Crippen molar-refractivity contribution in [1.82, 2.24) is 14.8 Å². The van der Waals surface area contributed by atoms with Crippen LogP contribution < -0.4 is 10.5 Å². The van der Waals surface area contributed by atoms with Crippen LogP contribution >= 0.6 is 0 Å². The van der Waals surface area contributed by atoms with Crippen LogP contribution in [0.5, 0.6) is 0 Å². The van der Waals surface area contributed by atoms with E-state index in [1.165, 1.54) is 12.5 Å². The Balaban J connectivity index is 1.64. The van der Waals surface area contributed by atoms with Crippen LogP contribution in [-0.4, -0.2) is 37.6 Å². The number of aryl methyl sites for hydroxylation is 1. The predicted molar refractivity (Wildman–Crippen MR) is 86.1 cm³/mol. The Bertz CT molecular complexity index is 754. The summed E-state index contributed by atoms with van der Waals surface area (Å²) in [5.74, 6) is 0.100. The zero-order valence-electron chi connectivity index (χ0n) is 12.9. The molecule has 1 saturated heterocycles. The molecule has 124 valence electrons. The summed E-state index contributed by atoms with van der Waals surface area (Å²) in [6.45, 7) is 3.86. The maximum absolute atomic E-state index is 12.4. The van der Waals surface area contributed by atoms with Gasteiger partial charge in [0.25, 0.3) is 0 Å². The fraction of sp³-hybridized carbons (Fsp3) is 0.400. The van der Waals surface area contributed by atoms with E-state index in [2.05, 4.69) is 26.9 Å². The summed E-state index contributed by atoms with van der Waals surface area (Å²) >= 11 is 0. The van der Waals surface area contributed by atoms with Crippen LogP contribution in [0.25, 0.3) is 0 Å². The number of nitrogens with two attached hydrogens (primary N) is 1. The minimum atomic E-state index is -3.72. The number of rotatable bonds is 5. The second-order valence-electron chi connectivity index (χ2n) is 5.78. The molecular weight excluding hydrogens is 316 g/mol. The molecule has 2 aromatic rings. The van der Waals surface area contributed by atoms with Gasteiger partial charge in [0.2, 0.25) is 10.0 Å². The SMILES string of the molecule is Cc1onc(N)c1S(=O)(=O)N[C@H]1CCN(Cc2ccccc2)C1. The van der Waals surface area contributed by atoms with Crippen LogP contribution in [0.2, 0.25) is 0 Å². The van der Waals surface area contributed by atoms with E-state index in [-0.39, 0.29) is 22.5 Å². The van der Waals surface area contributed by atoms with Crippen molar-refractivity contribution in [2.24, 2.45) is 0 Å². The first kappa shape index (κ1) is 16.0. The largest absolute Gasteiger partial charge is 0.380 e. The molecule has 1 atom stereocenters. The third kappa shape index (κ3) is 3.54. The second-order valence-corrected chi connectivity index (χ2v) is 7.43. The summed E-state index contributed by atoms with van der Waals surface area (Å²) in [4.78, 5) is 2.17. The average Bonchev–Trinajstić information content (AvgIpc) is 3.06. The van der Waals surface area contributed by atoms with E-state index in [1.54, 1.807) is 0 Å². The van der Waals surface area contributed by atoms with Crippen molar-refractivity contribution in [3.05, 3.63) is 41.7 Å². The first-order chi connectivity index (χ1) is 11.0. The van der Waals surface area contributed by atoms with E-state index >= 15 is 0 Å². The molecule has 23 heavy (non-hydrogen) atoms. The maximum atomic E-state index is 12.4. The first-order valence-corrected chi connectivity index (χ1v) is 8.94. The Morgan fingerprint density at radius 2 is 2.13 bits per heavy atom. The van der Waals surface area contributed by atoms with Crippen molar-refractivity contribution in [3.8, 4) is 0 Å². The number of likely N-dealkylation sites (tertiary alicyclic amines) is 1. The van der Waals surface area contributed by atoms with Crippen molar-refractivity contribution in [1.29, 1.82) is 0 Å². The molecule has 8 heteroatoms. The van der Waals surface area contributed by atoms with E-state index in [4.69, 9.17) is 10.3 Å². The van der Waals surface area contributed by atoms with Crippen LogP contribution in [0.3, 0.4) is 0 Å². The molecule has 0 spiro atoms. The Kier molecular flexibility index (Phi) is 4.38. The van der Waals surface area contributed by atoms with Gasteiger partial charge in [-0.25, -0.2) is 13.1 Å². The van der Waals surface area contributed by atoms with E-state index < -0.39 is 10.0 Å². The molecule has 3 N–H and O–H groups in total. The summed E-state index contributed by atoms with van der Waals surface area (Å²) in [5.41, 5.74) is 6.81. The second kappa shape index (κ2) is 6.31. The third-order valence-electron chi connectivity index (χ3n) is 3.95. The summed E-state index contributed by atoms with van der Waals surface area (Å²) in [6, 6.07) is 9.98. The zero-order chi connectivity index (χ0) is 16.4. The van der Waals surface area contributed by atoms with Crippen LogP contribution in [0.4, 0.5) is 5.82 Å². The lowest BCUT2D eigenvalue weighted by atomic mass is 10.2. The van der Waals surface area contributed by atoms with Gasteiger partial charge in [-0.05, 0) is 18.9 Å². The lowest BCUT2D eigenvalue weighted by molar-refractivity contribution is 0.324. The van der Waals surface area contributed by atoms with Gasteiger partial charge in [-0.2, -0.15) is 0 Å². The number of nitrogens with one attached hydrogen (secondary N) is 1. The van der Waals surface area contributed by atoms with Gasteiger partial charge in [-0.3, -0.25) is 4.90 Å². The smallest absolute Gasteiger partial charge is 0.248 e. The molecule has 2 heterocycles. The maximum Gasteiger partial charge on any atom is 0.248 e. The first-order valence-electron chi connectivity index (χ1n) is 7.46. The predicted octanol–water partition coefficient (Wildman–Crippen LogP) is 1.12. The number of nitrogen functional groups attached to an aromatic ring is 1. The molecule has 0 bridgehead atoms. The van der Waals surface area contributed by atoms with Crippen molar-refractivity contribution in [3.63, 3.8) is 0 Å². The van der Waals surface area contributed by atoms with Gasteiger partial charge in [-0.15, -0.1) is 0 Å². The number of hydrogen-bond donors (Lipinski definition) is 2. The molecular formula is C15H20N4O3S. The van der Waals surface area contributed by atoms with Gasteiger partial charge in [0, 0.05) is 25.7 Å². The standard InChI is InChI=1S/C15H20N4O3S/c1-11-14(15(16)17-22-11)23(20,21)18-13-7-8-19(10-13)9-12-5-3-2-4-6-12/h2-6,13,18H,7-10H2,1H3,(H2,16,17)/t13-/m0/s1. The molecule has 0 aliphatic carbocycles. The van der Waals surface area contributed by atoms with Crippen LogP contribution in [0.1, 0.15) is 17.7 Å². The van der Waals surface area contributed by atoms with E-state index in [0.717, 1.165) is 19.5 Å². The highest BCUT2D eigenvalue weighted by atomic mass is 32.2. The summed E-state index contributed by atoms with van der Waals surface area (Å²) in [7, 11) is -3.72. The molecule has 1 aromatic carbocycles. The van der Waals surface area contributed by atoms with Gasteiger partial charge in [-0.1, -0.05) is 35.5 Å². The van der Waals surface area contributed by atoms with E-state index in [0.29, 0.717) is 6.54 Å². The lowest BCUT2D eigenvalue weighted by Crippen LogP contribution is -2.37.